The van der Waals surface area contributed by atoms with Crippen LogP contribution in [-0.2, 0) is 16.0 Å². The zero-order valence-electron chi connectivity index (χ0n) is 16.5. The number of rotatable bonds is 9. The second-order valence-electron chi connectivity index (χ2n) is 6.43. The third-order valence-electron chi connectivity index (χ3n) is 4.10. The molecular weight excluding hydrogens is 356 g/mol. The van der Waals surface area contributed by atoms with E-state index in [0.29, 0.717) is 23.6 Å². The average Bonchev–Trinajstić information content (AvgIpc) is 2.68. The maximum absolute atomic E-state index is 12.3. The highest BCUT2D eigenvalue weighted by molar-refractivity contribution is 5.94. The number of amides is 2. The highest BCUT2D eigenvalue weighted by atomic mass is 16.5. The van der Waals surface area contributed by atoms with E-state index in [-0.39, 0.29) is 25.0 Å². The summed E-state index contributed by atoms with van der Waals surface area (Å²) in [4.78, 5) is 25.7. The van der Waals surface area contributed by atoms with Gasteiger partial charge >= 0.3 is 0 Å². The van der Waals surface area contributed by atoms with E-state index in [2.05, 4.69) is 11.9 Å². The maximum atomic E-state index is 12.3. The number of methoxy groups -OCH3 is 1. The van der Waals surface area contributed by atoms with Crippen molar-refractivity contribution < 1.29 is 19.1 Å². The summed E-state index contributed by atoms with van der Waals surface area (Å²) in [7, 11) is 3.11. The van der Waals surface area contributed by atoms with Crippen molar-refractivity contribution in [1.29, 1.82) is 0 Å². The minimum Gasteiger partial charge on any atom is -0.493 e. The first kappa shape index (κ1) is 21.0. The van der Waals surface area contributed by atoms with Gasteiger partial charge in [-0.1, -0.05) is 29.8 Å². The van der Waals surface area contributed by atoms with E-state index in [1.165, 1.54) is 4.90 Å². The molecule has 0 aliphatic carbocycles. The number of nitrogens with one attached hydrogen (secondary N) is 1. The van der Waals surface area contributed by atoms with Gasteiger partial charge in [0.05, 0.1) is 13.7 Å². The Morgan fingerprint density at radius 1 is 1.14 bits per heavy atom. The van der Waals surface area contributed by atoms with Crippen LogP contribution in [0.2, 0.25) is 0 Å². The molecule has 148 valence electrons. The van der Waals surface area contributed by atoms with E-state index in [1.807, 2.05) is 43.3 Å². The third kappa shape index (κ3) is 6.16. The lowest BCUT2D eigenvalue weighted by Gasteiger charge is -2.18. The smallest absolute Gasteiger partial charge is 0.260 e. The molecule has 0 aromatic heterocycles. The van der Waals surface area contributed by atoms with Gasteiger partial charge in [-0.3, -0.25) is 9.59 Å². The van der Waals surface area contributed by atoms with Crippen LogP contribution in [0.5, 0.6) is 11.5 Å². The predicted molar refractivity (Wildman–Crippen MR) is 110 cm³/mol. The topological polar surface area (TPSA) is 67.9 Å². The van der Waals surface area contributed by atoms with Gasteiger partial charge in [-0.25, -0.2) is 0 Å². The summed E-state index contributed by atoms with van der Waals surface area (Å²) in [5.41, 5.74) is 2.84. The Bertz CT molecular complexity index is 831. The van der Waals surface area contributed by atoms with Gasteiger partial charge in [0.2, 0.25) is 5.91 Å². The van der Waals surface area contributed by atoms with Crippen molar-refractivity contribution in [3.63, 3.8) is 0 Å². The van der Waals surface area contributed by atoms with E-state index >= 15 is 0 Å². The second-order valence-corrected chi connectivity index (χ2v) is 6.43. The molecule has 0 heterocycles. The van der Waals surface area contributed by atoms with Gasteiger partial charge in [0.25, 0.3) is 5.91 Å². The monoisotopic (exact) mass is 382 g/mol. The first-order valence-electron chi connectivity index (χ1n) is 8.94. The van der Waals surface area contributed by atoms with Gasteiger partial charge in [-0.2, -0.15) is 0 Å². The number of likely N-dealkylation sites (N-methyl/N-ethyl adjacent to an activating group) is 1. The number of carbonyl (C=O) groups excluding carboxylic acids is 2. The van der Waals surface area contributed by atoms with Crippen LogP contribution in [0.4, 0.5) is 5.69 Å². The fourth-order valence-corrected chi connectivity index (χ4v) is 2.52. The summed E-state index contributed by atoms with van der Waals surface area (Å²) >= 11 is 0. The van der Waals surface area contributed by atoms with Crippen LogP contribution in [-0.4, -0.2) is 44.0 Å². The number of ether oxygens (including phenoxy) is 2. The minimum atomic E-state index is -0.309. The standard InChI is InChI=1S/C22H26N2O4/c1-5-6-17-9-12-19(20(13-17)27-4)28-15-22(26)24(3)14-21(25)23-18-10-7-16(2)8-11-18/h5,7-13H,1,6,14-15H2,2-4H3,(H,23,25). The lowest BCUT2D eigenvalue weighted by molar-refractivity contribution is -0.135. The summed E-state index contributed by atoms with van der Waals surface area (Å²) in [5.74, 6) is 0.440. The third-order valence-corrected chi connectivity index (χ3v) is 4.10. The van der Waals surface area contributed by atoms with E-state index < -0.39 is 0 Å². The predicted octanol–water partition coefficient (Wildman–Crippen LogP) is 3.21. The molecule has 0 atom stereocenters. The first-order chi connectivity index (χ1) is 13.4. The van der Waals surface area contributed by atoms with E-state index in [4.69, 9.17) is 9.47 Å². The molecule has 6 heteroatoms. The lowest BCUT2D eigenvalue weighted by Crippen LogP contribution is -2.37. The van der Waals surface area contributed by atoms with E-state index in [0.717, 1.165) is 11.1 Å². The number of hydrogen-bond acceptors (Lipinski definition) is 4. The molecule has 0 spiro atoms. The molecule has 2 aromatic carbocycles. The first-order valence-corrected chi connectivity index (χ1v) is 8.94. The Kier molecular flexibility index (Phi) is 7.63. The molecule has 28 heavy (non-hydrogen) atoms. The number of aryl methyl sites for hydroxylation is 1. The van der Waals surface area contributed by atoms with E-state index in [9.17, 15) is 9.59 Å². The van der Waals surface area contributed by atoms with Crippen LogP contribution >= 0.6 is 0 Å². The SMILES string of the molecule is C=CCc1ccc(OCC(=O)N(C)CC(=O)Nc2ccc(C)cc2)c(OC)c1. The molecule has 2 aromatic rings. The molecule has 6 nitrogen and oxygen atoms in total. The number of carbonyl (C=O) groups is 2. The zero-order valence-corrected chi connectivity index (χ0v) is 16.5. The van der Waals surface area contributed by atoms with Gasteiger partial charge in [0.15, 0.2) is 18.1 Å². The normalized spacial score (nSPS) is 10.1. The Hall–Kier alpha value is -3.28. The second kappa shape index (κ2) is 10.2. The number of hydrogen-bond donors (Lipinski definition) is 1. The molecule has 0 fully saturated rings. The fraction of sp³-hybridized carbons (Fsp3) is 0.273. The Morgan fingerprint density at radius 2 is 1.86 bits per heavy atom. The van der Waals surface area contributed by atoms with Gasteiger partial charge < -0.3 is 19.7 Å². The van der Waals surface area contributed by atoms with Crippen molar-refractivity contribution in [3.8, 4) is 11.5 Å². The molecule has 0 bridgehead atoms. The molecule has 0 aliphatic heterocycles. The van der Waals surface area contributed by atoms with Crippen molar-refractivity contribution in [2.45, 2.75) is 13.3 Å². The summed E-state index contributed by atoms with van der Waals surface area (Å²) in [6, 6.07) is 13.0. The van der Waals surface area contributed by atoms with Crippen molar-refractivity contribution in [3.05, 3.63) is 66.2 Å². The van der Waals surface area contributed by atoms with Crippen LogP contribution in [0.1, 0.15) is 11.1 Å². The number of benzene rings is 2. The summed E-state index contributed by atoms with van der Waals surface area (Å²) in [5, 5.41) is 2.76. The quantitative estimate of drug-likeness (QED) is 0.676. The Morgan fingerprint density at radius 3 is 2.50 bits per heavy atom. The van der Waals surface area contributed by atoms with Crippen molar-refractivity contribution in [1.82, 2.24) is 4.90 Å². The van der Waals surface area contributed by atoms with Crippen molar-refractivity contribution in [2.75, 3.05) is 32.6 Å². The molecule has 1 N–H and O–H groups in total. The fourth-order valence-electron chi connectivity index (χ4n) is 2.52. The van der Waals surface area contributed by atoms with E-state index in [1.54, 1.807) is 26.3 Å². The molecule has 0 saturated carbocycles. The summed E-state index contributed by atoms with van der Waals surface area (Å²) < 4.78 is 10.9. The average molecular weight is 382 g/mol. The Balaban J connectivity index is 1.87. The molecular formula is C22H26N2O4. The molecule has 0 saturated heterocycles. The van der Waals surface area contributed by atoms with Crippen LogP contribution in [0.15, 0.2) is 55.1 Å². The Labute approximate surface area is 165 Å². The highest BCUT2D eigenvalue weighted by Crippen LogP contribution is 2.28. The largest absolute Gasteiger partial charge is 0.493 e. The molecule has 2 amide bonds. The molecule has 2 rings (SSSR count). The molecule has 0 radical (unpaired) electrons. The van der Waals surface area contributed by atoms with Crippen LogP contribution in [0, 0.1) is 6.92 Å². The zero-order chi connectivity index (χ0) is 20.5. The number of allylic oxidation sites excluding steroid dienone is 1. The number of nitrogens with zero attached hydrogens (tertiary/aromatic N) is 1. The van der Waals surface area contributed by atoms with Crippen LogP contribution in [0.25, 0.3) is 0 Å². The summed E-state index contributed by atoms with van der Waals surface area (Å²) in [6.07, 6.45) is 2.52. The number of anilines is 1. The summed E-state index contributed by atoms with van der Waals surface area (Å²) in [6.45, 7) is 5.43. The van der Waals surface area contributed by atoms with Crippen molar-refractivity contribution >= 4 is 17.5 Å². The molecule has 0 unspecified atom stereocenters. The maximum Gasteiger partial charge on any atom is 0.260 e. The van der Waals surface area contributed by atoms with Crippen LogP contribution < -0.4 is 14.8 Å². The molecule has 0 aliphatic rings. The highest BCUT2D eigenvalue weighted by Gasteiger charge is 2.15. The minimum absolute atomic E-state index is 0.0640. The van der Waals surface area contributed by atoms with Gasteiger partial charge in [-0.05, 0) is 43.2 Å². The van der Waals surface area contributed by atoms with Gasteiger partial charge in [-0.15, -0.1) is 6.58 Å². The lowest BCUT2D eigenvalue weighted by atomic mass is 10.1. The van der Waals surface area contributed by atoms with Gasteiger partial charge in [0.1, 0.15) is 0 Å². The van der Waals surface area contributed by atoms with Crippen molar-refractivity contribution in [2.24, 2.45) is 0 Å². The van der Waals surface area contributed by atoms with Crippen LogP contribution in [0.3, 0.4) is 0 Å². The van der Waals surface area contributed by atoms with Gasteiger partial charge in [0, 0.05) is 12.7 Å².